The van der Waals surface area contributed by atoms with Gasteiger partial charge in [-0.25, -0.2) is 4.79 Å². The molecule has 4 N–H and O–H groups in total. The summed E-state index contributed by atoms with van der Waals surface area (Å²) >= 11 is 0. The van der Waals surface area contributed by atoms with Gasteiger partial charge in [0.1, 0.15) is 12.4 Å². The lowest BCUT2D eigenvalue weighted by molar-refractivity contribution is -0.131. The molecule has 0 saturated heterocycles. The van der Waals surface area contributed by atoms with Gasteiger partial charge in [-0.1, -0.05) is 32.0 Å². The second-order valence-electron chi connectivity index (χ2n) is 5.58. The third-order valence-corrected chi connectivity index (χ3v) is 3.10. The number of hydrogen-bond acceptors (Lipinski definition) is 4. The molecule has 1 rings (SSSR count). The molecule has 7 heteroatoms. The van der Waals surface area contributed by atoms with Gasteiger partial charge in [-0.2, -0.15) is 0 Å². The lowest BCUT2D eigenvalue weighted by atomic mass is 9.99. The summed E-state index contributed by atoms with van der Waals surface area (Å²) in [5, 5.41) is 23.5. The first-order chi connectivity index (χ1) is 10.9. The van der Waals surface area contributed by atoms with Gasteiger partial charge in [0.15, 0.2) is 6.10 Å². The molecule has 128 valence electrons. The van der Waals surface area contributed by atoms with Crippen LogP contribution in [0.15, 0.2) is 30.3 Å². The summed E-state index contributed by atoms with van der Waals surface area (Å²) in [6, 6.07) is 8.30. The largest absolute Gasteiger partial charge is 0.492 e. The molecule has 2 amide bonds. The Hall–Kier alpha value is -2.28. The average molecular weight is 324 g/mol. The molecule has 2 atom stereocenters. The van der Waals surface area contributed by atoms with E-state index >= 15 is 0 Å². The van der Waals surface area contributed by atoms with Crippen LogP contribution < -0.4 is 15.4 Å². The van der Waals surface area contributed by atoms with E-state index in [1.54, 1.807) is 12.1 Å². The number of rotatable bonds is 9. The first-order valence-corrected chi connectivity index (χ1v) is 7.53. The fourth-order valence-electron chi connectivity index (χ4n) is 2.08. The van der Waals surface area contributed by atoms with Crippen LogP contribution in [0.3, 0.4) is 0 Å². The summed E-state index contributed by atoms with van der Waals surface area (Å²) in [5.74, 6) is 0.198. The van der Waals surface area contributed by atoms with Crippen molar-refractivity contribution in [2.75, 3.05) is 13.2 Å². The Labute approximate surface area is 135 Å². The minimum atomic E-state index is -1.44. The van der Waals surface area contributed by atoms with Gasteiger partial charge in [-0.15, -0.1) is 0 Å². The Bertz CT molecular complexity index is 493. The van der Waals surface area contributed by atoms with E-state index in [9.17, 15) is 14.7 Å². The number of benzene rings is 1. The summed E-state index contributed by atoms with van der Waals surface area (Å²) in [6.07, 6.45) is -2.35. The lowest BCUT2D eigenvalue weighted by Gasteiger charge is -2.23. The summed E-state index contributed by atoms with van der Waals surface area (Å²) in [6.45, 7) is 4.24. The van der Waals surface area contributed by atoms with E-state index < -0.39 is 24.1 Å². The maximum atomic E-state index is 11.9. The molecule has 1 aromatic carbocycles. The van der Waals surface area contributed by atoms with Gasteiger partial charge in [0.2, 0.25) is 0 Å². The molecule has 0 radical (unpaired) electrons. The summed E-state index contributed by atoms with van der Waals surface area (Å²) in [4.78, 5) is 22.7. The van der Waals surface area contributed by atoms with Crippen molar-refractivity contribution in [2.24, 2.45) is 5.92 Å². The topological polar surface area (TPSA) is 108 Å². The van der Waals surface area contributed by atoms with Gasteiger partial charge in [-0.05, 0) is 24.5 Å². The number of para-hydroxylation sites is 1. The van der Waals surface area contributed by atoms with Crippen molar-refractivity contribution in [3.8, 4) is 5.75 Å². The zero-order valence-electron chi connectivity index (χ0n) is 13.4. The number of nitrogens with one attached hydrogen (secondary N) is 2. The molecule has 0 aliphatic heterocycles. The molecular formula is C16H24N2O5. The van der Waals surface area contributed by atoms with Crippen LogP contribution >= 0.6 is 0 Å². The SMILES string of the molecule is CC(C)C[C@H](NC(=O)O)C(O)C(=O)NCCOc1ccccc1. The van der Waals surface area contributed by atoms with Gasteiger partial charge in [-0.3, -0.25) is 4.79 Å². The Balaban J connectivity index is 2.39. The zero-order valence-corrected chi connectivity index (χ0v) is 13.4. The highest BCUT2D eigenvalue weighted by Crippen LogP contribution is 2.09. The van der Waals surface area contributed by atoms with Crippen LogP contribution in [-0.4, -0.2) is 47.5 Å². The van der Waals surface area contributed by atoms with Crippen LogP contribution in [0.2, 0.25) is 0 Å². The normalized spacial score (nSPS) is 13.2. The first kappa shape index (κ1) is 18.8. The third-order valence-electron chi connectivity index (χ3n) is 3.10. The van der Waals surface area contributed by atoms with Crippen molar-refractivity contribution >= 4 is 12.0 Å². The minimum absolute atomic E-state index is 0.135. The number of amides is 2. The second kappa shape index (κ2) is 9.68. The van der Waals surface area contributed by atoms with E-state index in [0.29, 0.717) is 12.2 Å². The highest BCUT2D eigenvalue weighted by molar-refractivity contribution is 5.82. The fraction of sp³-hybridized carbons (Fsp3) is 0.500. The Morgan fingerprint density at radius 2 is 1.87 bits per heavy atom. The van der Waals surface area contributed by atoms with Crippen molar-refractivity contribution in [3.05, 3.63) is 30.3 Å². The molecule has 0 bridgehead atoms. The summed E-state index contributed by atoms with van der Waals surface area (Å²) in [5.41, 5.74) is 0. The minimum Gasteiger partial charge on any atom is -0.492 e. The molecule has 23 heavy (non-hydrogen) atoms. The third kappa shape index (κ3) is 7.51. The van der Waals surface area contributed by atoms with E-state index in [0.717, 1.165) is 0 Å². The fourth-order valence-corrected chi connectivity index (χ4v) is 2.08. The predicted molar refractivity (Wildman–Crippen MR) is 85.4 cm³/mol. The van der Waals surface area contributed by atoms with E-state index in [1.807, 2.05) is 32.0 Å². The summed E-state index contributed by atoms with van der Waals surface area (Å²) < 4.78 is 5.42. The van der Waals surface area contributed by atoms with Gasteiger partial charge in [0.25, 0.3) is 5.91 Å². The van der Waals surface area contributed by atoms with Crippen molar-refractivity contribution in [2.45, 2.75) is 32.4 Å². The van der Waals surface area contributed by atoms with Crippen LogP contribution in [0.25, 0.3) is 0 Å². The highest BCUT2D eigenvalue weighted by Gasteiger charge is 2.27. The smallest absolute Gasteiger partial charge is 0.404 e. The first-order valence-electron chi connectivity index (χ1n) is 7.53. The van der Waals surface area contributed by atoms with Gasteiger partial charge in [0.05, 0.1) is 12.6 Å². The van der Waals surface area contributed by atoms with Crippen LogP contribution in [0, 0.1) is 5.92 Å². The Morgan fingerprint density at radius 1 is 1.22 bits per heavy atom. The summed E-state index contributed by atoms with van der Waals surface area (Å²) in [7, 11) is 0. The van der Waals surface area contributed by atoms with Crippen molar-refractivity contribution in [3.63, 3.8) is 0 Å². The highest BCUT2D eigenvalue weighted by atomic mass is 16.5. The number of aliphatic hydroxyl groups excluding tert-OH is 1. The average Bonchev–Trinajstić information content (AvgIpc) is 2.50. The van der Waals surface area contributed by atoms with Crippen molar-refractivity contribution in [1.82, 2.24) is 10.6 Å². The van der Waals surface area contributed by atoms with Crippen LogP contribution in [0.1, 0.15) is 20.3 Å². The number of carboxylic acid groups (broad SMARTS) is 1. The predicted octanol–water partition coefficient (Wildman–Crippen LogP) is 1.22. The number of carbonyl (C=O) groups is 2. The Kier molecular flexibility index (Phi) is 7.90. The van der Waals surface area contributed by atoms with Gasteiger partial charge < -0.3 is 25.6 Å². The second-order valence-corrected chi connectivity index (χ2v) is 5.58. The van der Waals surface area contributed by atoms with Gasteiger partial charge >= 0.3 is 6.09 Å². The van der Waals surface area contributed by atoms with Crippen molar-refractivity contribution in [1.29, 1.82) is 0 Å². The standard InChI is InChI=1S/C16H24N2O5/c1-11(2)10-13(18-16(21)22)14(19)15(20)17-8-9-23-12-6-4-3-5-7-12/h3-7,11,13-14,18-19H,8-10H2,1-2H3,(H,17,20)(H,21,22)/t13-,14?/m0/s1. The van der Waals surface area contributed by atoms with E-state index in [1.165, 1.54) is 0 Å². The maximum Gasteiger partial charge on any atom is 0.404 e. The number of carbonyl (C=O) groups excluding carboxylic acids is 1. The van der Waals surface area contributed by atoms with E-state index in [2.05, 4.69) is 10.6 Å². The van der Waals surface area contributed by atoms with Crippen LogP contribution in [0.5, 0.6) is 5.75 Å². The molecular weight excluding hydrogens is 300 g/mol. The molecule has 0 aliphatic carbocycles. The number of hydrogen-bond donors (Lipinski definition) is 4. The van der Waals surface area contributed by atoms with E-state index in [4.69, 9.17) is 9.84 Å². The zero-order chi connectivity index (χ0) is 17.2. The number of ether oxygens (including phenoxy) is 1. The van der Waals surface area contributed by atoms with Crippen LogP contribution in [0.4, 0.5) is 4.79 Å². The molecule has 0 aliphatic rings. The van der Waals surface area contributed by atoms with Crippen molar-refractivity contribution < 1.29 is 24.5 Å². The maximum absolute atomic E-state index is 11.9. The molecule has 0 heterocycles. The van der Waals surface area contributed by atoms with Gasteiger partial charge in [0, 0.05) is 0 Å². The molecule has 1 unspecified atom stereocenters. The monoisotopic (exact) mass is 324 g/mol. The molecule has 7 nitrogen and oxygen atoms in total. The molecule has 1 aromatic rings. The lowest BCUT2D eigenvalue weighted by Crippen LogP contribution is -2.51. The quantitative estimate of drug-likeness (QED) is 0.511. The van der Waals surface area contributed by atoms with Crippen LogP contribution in [-0.2, 0) is 4.79 Å². The molecule has 0 saturated carbocycles. The molecule has 0 fully saturated rings. The molecule has 0 aromatic heterocycles. The Morgan fingerprint density at radius 3 is 2.43 bits per heavy atom. The molecule has 0 spiro atoms. The van der Waals surface area contributed by atoms with E-state index in [-0.39, 0.29) is 19.1 Å². The number of aliphatic hydroxyl groups is 1.